The van der Waals surface area contributed by atoms with Gasteiger partial charge < -0.3 is 14.5 Å². The SMILES string of the molecule is Cc1cncc(C(=O)N2CC3(CC(CC(=O)N4CCCC4)CO3)C2)c1. The summed E-state index contributed by atoms with van der Waals surface area (Å²) in [6.45, 7) is 5.62. The van der Waals surface area contributed by atoms with E-state index in [1.165, 1.54) is 0 Å². The fraction of sp³-hybridized carbons (Fsp3) is 0.632. The lowest BCUT2D eigenvalue weighted by atomic mass is 9.85. The molecule has 0 bridgehead atoms. The summed E-state index contributed by atoms with van der Waals surface area (Å²) in [5.74, 6) is 0.564. The number of amides is 2. The summed E-state index contributed by atoms with van der Waals surface area (Å²) in [4.78, 5) is 32.7. The molecule has 4 heterocycles. The van der Waals surface area contributed by atoms with E-state index in [9.17, 15) is 9.59 Å². The van der Waals surface area contributed by atoms with Crippen molar-refractivity contribution in [2.24, 2.45) is 5.92 Å². The molecule has 0 radical (unpaired) electrons. The van der Waals surface area contributed by atoms with Crippen molar-refractivity contribution < 1.29 is 14.3 Å². The van der Waals surface area contributed by atoms with Gasteiger partial charge in [-0.2, -0.15) is 0 Å². The molecule has 1 aromatic heterocycles. The Morgan fingerprint density at radius 3 is 2.72 bits per heavy atom. The van der Waals surface area contributed by atoms with Gasteiger partial charge in [0.05, 0.1) is 25.3 Å². The van der Waals surface area contributed by atoms with E-state index in [1.807, 2.05) is 22.8 Å². The van der Waals surface area contributed by atoms with E-state index in [4.69, 9.17) is 4.74 Å². The van der Waals surface area contributed by atoms with E-state index < -0.39 is 0 Å². The topological polar surface area (TPSA) is 62.7 Å². The lowest BCUT2D eigenvalue weighted by Gasteiger charge is -2.47. The molecule has 6 heteroatoms. The molecule has 134 valence electrons. The van der Waals surface area contributed by atoms with Gasteiger partial charge >= 0.3 is 0 Å². The Morgan fingerprint density at radius 1 is 1.24 bits per heavy atom. The third kappa shape index (κ3) is 3.27. The van der Waals surface area contributed by atoms with Gasteiger partial charge in [0.25, 0.3) is 5.91 Å². The first-order valence-corrected chi connectivity index (χ1v) is 9.17. The summed E-state index contributed by atoms with van der Waals surface area (Å²) >= 11 is 0. The van der Waals surface area contributed by atoms with Crippen molar-refractivity contribution in [2.75, 3.05) is 32.8 Å². The Kier molecular flexibility index (Phi) is 4.23. The first-order chi connectivity index (χ1) is 12.0. The van der Waals surface area contributed by atoms with Crippen LogP contribution >= 0.6 is 0 Å². The average Bonchev–Trinajstić information content (AvgIpc) is 3.22. The minimum Gasteiger partial charge on any atom is -0.371 e. The zero-order chi connectivity index (χ0) is 17.4. The maximum Gasteiger partial charge on any atom is 0.255 e. The second-order valence-electron chi connectivity index (χ2n) is 7.77. The molecule has 0 saturated carbocycles. The number of likely N-dealkylation sites (tertiary alicyclic amines) is 2. The van der Waals surface area contributed by atoms with Gasteiger partial charge in [-0.3, -0.25) is 14.6 Å². The van der Waals surface area contributed by atoms with Gasteiger partial charge in [-0.25, -0.2) is 0 Å². The fourth-order valence-electron chi connectivity index (χ4n) is 4.28. The number of carbonyl (C=O) groups excluding carboxylic acids is 2. The summed E-state index contributed by atoms with van der Waals surface area (Å²) in [7, 11) is 0. The summed E-state index contributed by atoms with van der Waals surface area (Å²) < 4.78 is 6.01. The minimum atomic E-state index is -0.233. The molecule has 25 heavy (non-hydrogen) atoms. The summed E-state index contributed by atoms with van der Waals surface area (Å²) in [6, 6.07) is 1.87. The predicted molar refractivity (Wildman–Crippen MR) is 92.1 cm³/mol. The first kappa shape index (κ1) is 16.5. The number of carbonyl (C=O) groups is 2. The number of rotatable bonds is 3. The van der Waals surface area contributed by atoms with Crippen LogP contribution in [0.25, 0.3) is 0 Å². The molecule has 0 aromatic carbocycles. The Bertz CT molecular complexity index is 678. The van der Waals surface area contributed by atoms with Gasteiger partial charge in [-0.05, 0) is 43.7 Å². The van der Waals surface area contributed by atoms with Gasteiger partial charge in [0.15, 0.2) is 0 Å². The largest absolute Gasteiger partial charge is 0.371 e. The van der Waals surface area contributed by atoms with E-state index in [0.717, 1.165) is 37.9 Å². The minimum absolute atomic E-state index is 0.0158. The van der Waals surface area contributed by atoms with Crippen molar-refractivity contribution in [3.63, 3.8) is 0 Å². The summed E-state index contributed by atoms with van der Waals surface area (Å²) in [5.41, 5.74) is 1.38. The lowest BCUT2D eigenvalue weighted by molar-refractivity contribution is -0.131. The molecule has 0 aliphatic carbocycles. The van der Waals surface area contributed by atoms with E-state index in [2.05, 4.69) is 4.98 Å². The van der Waals surface area contributed by atoms with Crippen molar-refractivity contribution in [3.05, 3.63) is 29.6 Å². The van der Waals surface area contributed by atoms with E-state index in [-0.39, 0.29) is 23.3 Å². The molecule has 3 aliphatic rings. The summed E-state index contributed by atoms with van der Waals surface area (Å²) in [6.07, 6.45) is 7.08. The number of hydrogen-bond acceptors (Lipinski definition) is 4. The monoisotopic (exact) mass is 343 g/mol. The number of ether oxygens (including phenoxy) is 1. The zero-order valence-electron chi connectivity index (χ0n) is 14.7. The lowest BCUT2D eigenvalue weighted by Crippen LogP contribution is -2.63. The number of aromatic nitrogens is 1. The average molecular weight is 343 g/mol. The third-order valence-electron chi connectivity index (χ3n) is 5.58. The van der Waals surface area contributed by atoms with Crippen LogP contribution in [0, 0.1) is 12.8 Å². The Labute approximate surface area is 148 Å². The molecule has 0 N–H and O–H groups in total. The number of aryl methyl sites for hydroxylation is 1. The van der Waals surface area contributed by atoms with Crippen LogP contribution in [0.5, 0.6) is 0 Å². The molecule has 3 fully saturated rings. The zero-order valence-corrected chi connectivity index (χ0v) is 14.7. The highest BCUT2D eigenvalue weighted by Gasteiger charge is 2.51. The molecule has 3 saturated heterocycles. The van der Waals surface area contributed by atoms with E-state index >= 15 is 0 Å². The van der Waals surface area contributed by atoms with Crippen LogP contribution in [0.3, 0.4) is 0 Å². The highest BCUT2D eigenvalue weighted by molar-refractivity contribution is 5.94. The van der Waals surface area contributed by atoms with E-state index in [1.54, 1.807) is 12.4 Å². The fourth-order valence-corrected chi connectivity index (χ4v) is 4.28. The molecule has 1 aromatic rings. The second kappa shape index (κ2) is 6.41. The van der Waals surface area contributed by atoms with Crippen LogP contribution in [0.2, 0.25) is 0 Å². The molecular formula is C19H25N3O3. The van der Waals surface area contributed by atoms with Crippen LogP contribution < -0.4 is 0 Å². The molecule has 4 rings (SSSR count). The Balaban J connectivity index is 1.29. The van der Waals surface area contributed by atoms with Crippen molar-refractivity contribution in [3.8, 4) is 0 Å². The van der Waals surface area contributed by atoms with Crippen LogP contribution in [0.1, 0.15) is 41.6 Å². The van der Waals surface area contributed by atoms with Crippen molar-refractivity contribution in [2.45, 2.75) is 38.2 Å². The van der Waals surface area contributed by atoms with Crippen molar-refractivity contribution >= 4 is 11.8 Å². The molecule has 1 spiro atoms. The van der Waals surface area contributed by atoms with Crippen LogP contribution in [0.15, 0.2) is 18.5 Å². The Morgan fingerprint density at radius 2 is 2.00 bits per heavy atom. The molecule has 1 unspecified atom stereocenters. The molecule has 3 aliphatic heterocycles. The second-order valence-corrected chi connectivity index (χ2v) is 7.77. The molecule has 6 nitrogen and oxygen atoms in total. The predicted octanol–water partition coefficient (Wildman–Crippen LogP) is 1.63. The highest BCUT2D eigenvalue weighted by Crippen LogP contribution is 2.39. The molecule has 1 atom stereocenters. The van der Waals surface area contributed by atoms with Crippen molar-refractivity contribution in [1.82, 2.24) is 14.8 Å². The third-order valence-corrected chi connectivity index (χ3v) is 5.58. The smallest absolute Gasteiger partial charge is 0.255 e. The number of nitrogens with zero attached hydrogens (tertiary/aromatic N) is 3. The van der Waals surface area contributed by atoms with Crippen LogP contribution in [0.4, 0.5) is 0 Å². The van der Waals surface area contributed by atoms with Gasteiger partial charge in [-0.1, -0.05) is 0 Å². The molecule has 2 amide bonds. The van der Waals surface area contributed by atoms with Crippen molar-refractivity contribution in [1.29, 1.82) is 0 Å². The number of hydrogen-bond donors (Lipinski definition) is 0. The first-order valence-electron chi connectivity index (χ1n) is 9.17. The van der Waals surface area contributed by atoms with Gasteiger partial charge in [0.2, 0.25) is 5.91 Å². The van der Waals surface area contributed by atoms with Gasteiger partial charge in [0, 0.05) is 31.9 Å². The standard InChI is InChI=1S/C19H25N3O3/c1-14-6-16(10-20-9-14)18(24)22-12-19(13-22)8-15(11-25-19)7-17(23)21-4-2-3-5-21/h6,9-10,15H,2-5,7-8,11-13H2,1H3. The number of pyridine rings is 1. The maximum absolute atomic E-state index is 12.5. The quantitative estimate of drug-likeness (QED) is 0.837. The molecular weight excluding hydrogens is 318 g/mol. The van der Waals surface area contributed by atoms with Crippen LogP contribution in [-0.2, 0) is 9.53 Å². The Hall–Kier alpha value is -1.95. The van der Waals surface area contributed by atoms with Gasteiger partial charge in [-0.15, -0.1) is 0 Å². The van der Waals surface area contributed by atoms with Crippen LogP contribution in [-0.4, -0.2) is 65.0 Å². The maximum atomic E-state index is 12.5. The van der Waals surface area contributed by atoms with Gasteiger partial charge in [0.1, 0.15) is 5.60 Å². The highest BCUT2D eigenvalue weighted by atomic mass is 16.5. The normalized spacial score (nSPS) is 24.6. The summed E-state index contributed by atoms with van der Waals surface area (Å²) in [5, 5.41) is 0. The van der Waals surface area contributed by atoms with E-state index in [0.29, 0.717) is 31.7 Å².